The zero-order chi connectivity index (χ0) is 63.9. The molecule has 16 aromatic carbocycles. The summed E-state index contributed by atoms with van der Waals surface area (Å²) in [7, 11) is 0. The van der Waals surface area contributed by atoms with Crippen LogP contribution in [0.2, 0.25) is 0 Å². The van der Waals surface area contributed by atoms with E-state index in [0.29, 0.717) is 0 Å². The van der Waals surface area contributed by atoms with Gasteiger partial charge < -0.3 is 10.2 Å². The van der Waals surface area contributed by atoms with E-state index in [0.717, 1.165) is 32.9 Å². The van der Waals surface area contributed by atoms with Crippen LogP contribution in [0.4, 0.5) is 28.4 Å². The maximum absolute atomic E-state index is 3.73. The summed E-state index contributed by atoms with van der Waals surface area (Å²) in [6, 6.07) is 128. The van der Waals surface area contributed by atoms with Crippen LogP contribution in [0.1, 0.15) is 44.5 Å². The lowest BCUT2D eigenvalue weighted by Crippen LogP contribution is -2.23. The summed E-state index contributed by atoms with van der Waals surface area (Å²) in [5, 5.41) is 8.58. The smallest absolute Gasteiger partial charge is 0.0738 e. The van der Waals surface area contributed by atoms with Gasteiger partial charge in [0.1, 0.15) is 0 Å². The number of rotatable bonds is 7. The number of fused-ring (bicyclic) bond motifs is 12. The van der Waals surface area contributed by atoms with Crippen molar-refractivity contribution in [2.75, 3.05) is 10.2 Å². The predicted octanol–water partition coefficient (Wildman–Crippen LogP) is 25.3. The number of para-hydroxylation sites is 4. The first-order chi connectivity index (χ1) is 48.1. The number of halogens is 1. The highest BCUT2D eigenvalue weighted by molar-refractivity contribution is 9.10. The number of hydrogen-bond acceptors (Lipinski definition) is 2. The lowest BCUT2D eigenvalue weighted by molar-refractivity contribution is 0.817. The monoisotopic (exact) mass is 1290 g/mol. The second-order valence-corrected chi connectivity index (χ2v) is 27.1. The van der Waals surface area contributed by atoms with Crippen LogP contribution in [-0.2, 0) is 10.8 Å². The first-order valence-corrected chi connectivity index (χ1v) is 34.4. The van der Waals surface area contributed by atoms with Gasteiger partial charge in [-0.1, -0.05) is 307 Å². The van der Waals surface area contributed by atoms with Crippen LogP contribution in [0.25, 0.3) is 111 Å². The van der Waals surface area contributed by atoms with Crippen molar-refractivity contribution in [3.63, 3.8) is 0 Å². The molecule has 1 N–H and O–H groups in total. The molecule has 0 aromatic heterocycles. The maximum atomic E-state index is 3.73. The molecule has 0 aliphatic heterocycles. The quantitative estimate of drug-likeness (QED) is 0.171. The van der Waals surface area contributed by atoms with Crippen molar-refractivity contribution in [2.24, 2.45) is 0 Å². The number of anilines is 5. The molecule has 6 aliphatic carbocycles. The molecule has 2 unspecified atom stereocenters. The molecule has 0 saturated heterocycles. The van der Waals surface area contributed by atoms with Crippen LogP contribution in [0.5, 0.6) is 0 Å². The SMILES string of the molecule is Brc1ccc2c(c1)C13c4ccccc4-c4cccc(c41)-c1cccc-2c13.c1ccc(N(c2ccc3c(c2)C24c5ccccc5-c5cccc(c52)-c2cccc-3c24)c2ccccc2-c2cccc3ccccc23)cc1.c1ccc(Nc2ccccc2-c2cccc3ccccc23)cc1. The second kappa shape index (κ2) is 21.6. The van der Waals surface area contributed by atoms with Crippen LogP contribution in [0.15, 0.2) is 356 Å². The van der Waals surface area contributed by atoms with Gasteiger partial charge in [0.05, 0.1) is 16.5 Å². The third kappa shape index (κ3) is 7.89. The summed E-state index contributed by atoms with van der Waals surface area (Å²) in [5.74, 6) is 0. The Labute approximate surface area is 572 Å². The minimum Gasteiger partial charge on any atom is -0.355 e. The van der Waals surface area contributed by atoms with Crippen molar-refractivity contribution in [3.8, 4) is 89.0 Å². The fraction of sp³-hybridized carbons (Fsp3) is 0.0213. The third-order valence-corrected chi connectivity index (χ3v) is 22.0. The lowest BCUT2D eigenvalue weighted by atomic mass is 9.73. The molecule has 22 rings (SSSR count). The van der Waals surface area contributed by atoms with E-state index in [2.05, 4.69) is 360 Å². The van der Waals surface area contributed by atoms with E-state index in [1.54, 1.807) is 0 Å². The highest BCUT2D eigenvalue weighted by Gasteiger charge is 2.59. The summed E-state index contributed by atoms with van der Waals surface area (Å²) in [4.78, 5) is 2.46. The van der Waals surface area contributed by atoms with Gasteiger partial charge >= 0.3 is 0 Å². The van der Waals surface area contributed by atoms with E-state index in [9.17, 15) is 0 Å². The van der Waals surface area contributed by atoms with Gasteiger partial charge in [-0.05, 0) is 205 Å². The predicted molar refractivity (Wildman–Crippen MR) is 408 cm³/mol. The molecule has 3 heteroatoms. The average molecular weight is 1300 g/mol. The van der Waals surface area contributed by atoms with E-state index in [-0.39, 0.29) is 10.8 Å². The van der Waals surface area contributed by atoms with E-state index in [4.69, 9.17) is 0 Å². The van der Waals surface area contributed by atoms with Gasteiger partial charge in [0.25, 0.3) is 0 Å². The maximum Gasteiger partial charge on any atom is 0.0738 e. The van der Waals surface area contributed by atoms with E-state index < -0.39 is 0 Å². The molecule has 452 valence electrons. The molecule has 6 aliphatic rings. The van der Waals surface area contributed by atoms with Gasteiger partial charge in [-0.3, -0.25) is 0 Å². The van der Waals surface area contributed by atoms with E-state index >= 15 is 0 Å². The largest absolute Gasteiger partial charge is 0.355 e. The number of benzene rings is 16. The van der Waals surface area contributed by atoms with Crippen LogP contribution >= 0.6 is 15.9 Å². The van der Waals surface area contributed by atoms with Gasteiger partial charge in [0.15, 0.2) is 0 Å². The fourth-order valence-electron chi connectivity index (χ4n) is 17.9. The van der Waals surface area contributed by atoms with Gasteiger partial charge in [0, 0.05) is 38.3 Å². The molecule has 2 nitrogen and oxygen atoms in total. The third-order valence-electron chi connectivity index (χ3n) is 21.5. The molecule has 0 saturated carbocycles. The Balaban J connectivity index is 0.000000110. The molecule has 2 atom stereocenters. The fourth-order valence-corrected chi connectivity index (χ4v) is 18.3. The first-order valence-electron chi connectivity index (χ1n) is 33.6. The van der Waals surface area contributed by atoms with Crippen LogP contribution in [0, 0.1) is 0 Å². The molecule has 0 heterocycles. The van der Waals surface area contributed by atoms with E-state index in [1.807, 2.05) is 18.2 Å². The molecule has 16 aromatic rings. The molecule has 2 spiro atoms. The molecule has 97 heavy (non-hydrogen) atoms. The standard InChI is InChI=1S/C47H29N.C25H13Br.C22H17N/c1-2-15-31(16-3-1)48(44-26-9-7-19-37(44)34-20-10-14-30-13-4-5-17-33(30)34)32-27-28-36-39-22-12-24-41-40-23-11-21-38-35-18-6-8-25-42(35)47(45(38)40,46(39)41)43(36)29-32;26-14-11-12-16-18-7-4-9-20-19-8-3-6-17-15-5-1-2-10-21(15)25(23(17)19,24(18)20)22(16)13-14;1-2-11-18(12-3-1)23-22-16-7-6-14-21(22)20-15-8-10-17-9-4-5-13-19(17)20/h1-29H;1-13H;1-16,23H. The van der Waals surface area contributed by atoms with Crippen LogP contribution in [0.3, 0.4) is 0 Å². The van der Waals surface area contributed by atoms with Crippen LogP contribution < -0.4 is 10.2 Å². The normalized spacial score (nSPS) is 15.4. The molecule has 0 fully saturated rings. The Hall–Kier alpha value is -11.9. The molecular formula is C94H59BrN2. The Morgan fingerprint density at radius 2 is 0.598 bits per heavy atom. The number of hydrogen-bond donors (Lipinski definition) is 1. The Bertz CT molecular complexity index is 5880. The molecule has 0 bridgehead atoms. The highest BCUT2D eigenvalue weighted by Crippen LogP contribution is 2.72. The molecule has 0 radical (unpaired) electrons. The first kappa shape index (κ1) is 55.6. The van der Waals surface area contributed by atoms with Crippen molar-refractivity contribution in [1.29, 1.82) is 0 Å². The Kier molecular flexibility index (Phi) is 12.4. The van der Waals surface area contributed by atoms with Crippen molar-refractivity contribution in [2.45, 2.75) is 10.8 Å². The summed E-state index contributed by atoms with van der Waals surface area (Å²) in [6.07, 6.45) is 0. The Morgan fingerprint density at radius 3 is 1.14 bits per heavy atom. The minimum absolute atomic E-state index is 0.145. The van der Waals surface area contributed by atoms with Crippen LogP contribution in [-0.4, -0.2) is 0 Å². The summed E-state index contributed by atoms with van der Waals surface area (Å²) >= 11 is 3.73. The van der Waals surface area contributed by atoms with Crippen molar-refractivity contribution < 1.29 is 0 Å². The molecular weight excluding hydrogens is 1240 g/mol. The van der Waals surface area contributed by atoms with Gasteiger partial charge in [-0.15, -0.1) is 0 Å². The zero-order valence-corrected chi connectivity index (χ0v) is 54.4. The zero-order valence-electron chi connectivity index (χ0n) is 52.8. The lowest BCUT2D eigenvalue weighted by Gasteiger charge is -2.31. The molecule has 0 amide bonds. The van der Waals surface area contributed by atoms with Gasteiger partial charge in [-0.25, -0.2) is 0 Å². The second-order valence-electron chi connectivity index (χ2n) is 26.2. The van der Waals surface area contributed by atoms with Gasteiger partial charge in [-0.2, -0.15) is 0 Å². The van der Waals surface area contributed by atoms with Crippen molar-refractivity contribution in [1.82, 2.24) is 0 Å². The topological polar surface area (TPSA) is 15.3 Å². The number of nitrogens with one attached hydrogen (secondary N) is 1. The average Bonchev–Trinajstić information content (AvgIpc) is 1.49. The summed E-state index contributed by atoms with van der Waals surface area (Å²) in [5.41, 5.74) is 38.2. The van der Waals surface area contributed by atoms with E-state index in [1.165, 1.54) is 155 Å². The van der Waals surface area contributed by atoms with Crippen molar-refractivity contribution in [3.05, 3.63) is 401 Å². The summed E-state index contributed by atoms with van der Waals surface area (Å²) < 4.78 is 1.15. The minimum atomic E-state index is -0.322. The van der Waals surface area contributed by atoms with Crippen molar-refractivity contribution >= 4 is 65.9 Å². The Morgan fingerprint density at radius 1 is 0.237 bits per heavy atom. The van der Waals surface area contributed by atoms with Gasteiger partial charge in [0.2, 0.25) is 0 Å². The summed E-state index contributed by atoms with van der Waals surface area (Å²) in [6.45, 7) is 0. The number of nitrogens with zero attached hydrogens (tertiary/aromatic N) is 1. The highest BCUT2D eigenvalue weighted by atomic mass is 79.9.